The number of hydrogen-bond acceptors (Lipinski definition) is 2. The van der Waals surface area contributed by atoms with E-state index >= 15 is 0 Å². The third-order valence-electron chi connectivity index (χ3n) is 1.25. The van der Waals surface area contributed by atoms with Crippen LogP contribution in [0.3, 0.4) is 0 Å². The lowest BCUT2D eigenvalue weighted by Crippen LogP contribution is -2.13. The molecule has 0 aromatic heterocycles. The summed E-state index contributed by atoms with van der Waals surface area (Å²) in [6.45, 7) is 3.76. The first kappa shape index (κ1) is 11.5. The van der Waals surface area contributed by atoms with Gasteiger partial charge in [-0.25, -0.2) is 4.99 Å². The van der Waals surface area contributed by atoms with E-state index in [-0.39, 0.29) is 0 Å². The first-order valence-electron chi connectivity index (χ1n) is 4.35. The van der Waals surface area contributed by atoms with Gasteiger partial charge in [0.2, 0.25) is 0 Å². The molecule has 0 aliphatic carbocycles. The Morgan fingerprint density at radius 2 is 2.46 bits per heavy atom. The van der Waals surface area contributed by atoms with Crippen LogP contribution < -0.4 is 5.32 Å². The van der Waals surface area contributed by atoms with E-state index in [4.69, 9.17) is 0 Å². The average Bonchev–Trinajstić information content (AvgIpc) is 2.59. The second-order valence-electron chi connectivity index (χ2n) is 2.41. The molecule has 0 atom stereocenters. The summed E-state index contributed by atoms with van der Waals surface area (Å²) < 4.78 is 0. The minimum Gasteiger partial charge on any atom is -0.350 e. The van der Waals surface area contributed by atoms with Crippen LogP contribution >= 0.6 is 0 Å². The Balaban J connectivity index is 0.000000424. The molecule has 1 rings (SSSR count). The largest absolute Gasteiger partial charge is 0.350 e. The van der Waals surface area contributed by atoms with E-state index < -0.39 is 0 Å². The number of hydrogen-bond donors (Lipinski definition) is 1. The van der Waals surface area contributed by atoms with E-state index in [9.17, 15) is 0 Å². The van der Waals surface area contributed by atoms with Crippen LogP contribution in [0.2, 0.25) is 0 Å². The monoisotopic (exact) mass is 176 g/mol. The maximum absolute atomic E-state index is 4.60. The number of amidine groups is 1. The van der Waals surface area contributed by atoms with Crippen molar-refractivity contribution in [3.63, 3.8) is 0 Å². The quantitative estimate of drug-likeness (QED) is 0.642. The van der Waals surface area contributed by atoms with Crippen LogP contribution in [-0.4, -0.2) is 5.84 Å². The molecule has 1 N–H and O–H groups in total. The van der Waals surface area contributed by atoms with E-state index in [0.29, 0.717) is 0 Å². The summed E-state index contributed by atoms with van der Waals surface area (Å²) in [6.07, 6.45) is 14.5. The second-order valence-corrected chi connectivity index (χ2v) is 2.41. The van der Waals surface area contributed by atoms with E-state index in [1.165, 1.54) is 0 Å². The normalized spacial score (nSPS) is 13.2. The van der Waals surface area contributed by atoms with Crippen molar-refractivity contribution in [3.05, 3.63) is 24.6 Å². The first-order valence-corrected chi connectivity index (χ1v) is 4.35. The summed E-state index contributed by atoms with van der Waals surface area (Å²) in [6, 6.07) is 0. The lowest BCUT2D eigenvalue weighted by molar-refractivity contribution is 1.15. The van der Waals surface area contributed by atoms with Crippen LogP contribution in [0, 0.1) is 12.3 Å². The van der Waals surface area contributed by atoms with Crippen LogP contribution in [-0.2, 0) is 0 Å². The highest BCUT2D eigenvalue weighted by Crippen LogP contribution is 1.96. The van der Waals surface area contributed by atoms with Gasteiger partial charge in [0.25, 0.3) is 0 Å². The molecule has 0 aromatic rings. The summed E-state index contributed by atoms with van der Waals surface area (Å²) >= 11 is 0. The maximum Gasteiger partial charge on any atom is 0.109 e. The van der Waals surface area contributed by atoms with Crippen molar-refractivity contribution >= 4 is 5.84 Å². The van der Waals surface area contributed by atoms with Crippen molar-refractivity contribution in [2.45, 2.75) is 26.7 Å². The first-order chi connectivity index (χ1) is 6.35. The topological polar surface area (TPSA) is 24.4 Å². The Morgan fingerprint density at radius 1 is 1.77 bits per heavy atom. The molecule has 0 fully saturated rings. The molecule has 70 valence electrons. The number of aliphatic imine (C=N–C) groups is 1. The fraction of sp³-hybridized carbons (Fsp3) is 0.364. The van der Waals surface area contributed by atoms with E-state index in [2.05, 4.69) is 35.7 Å². The Kier molecular flexibility index (Phi) is 7.62. The maximum atomic E-state index is 4.60. The third kappa shape index (κ3) is 6.89. The van der Waals surface area contributed by atoms with Crippen molar-refractivity contribution in [1.82, 2.24) is 5.32 Å². The van der Waals surface area contributed by atoms with Crippen molar-refractivity contribution in [2.24, 2.45) is 4.99 Å². The molecule has 1 aliphatic rings. The summed E-state index contributed by atoms with van der Waals surface area (Å²) in [5, 5.41) is 3.09. The van der Waals surface area contributed by atoms with Crippen LogP contribution in [0.5, 0.6) is 0 Å². The van der Waals surface area contributed by atoms with Crippen LogP contribution in [0.25, 0.3) is 0 Å². The summed E-state index contributed by atoms with van der Waals surface area (Å²) in [5.74, 6) is 3.28. The molecule has 0 bridgehead atoms. The highest BCUT2D eigenvalue weighted by molar-refractivity contribution is 5.86. The number of terminal acetylenes is 1. The molecular formula is C11H16N2. The zero-order chi connectivity index (χ0) is 9.94. The van der Waals surface area contributed by atoms with E-state index in [1.54, 1.807) is 6.92 Å². The molecule has 1 heterocycles. The Morgan fingerprint density at radius 3 is 2.92 bits per heavy atom. The van der Waals surface area contributed by atoms with Gasteiger partial charge >= 0.3 is 0 Å². The predicted octanol–water partition coefficient (Wildman–Crippen LogP) is 2.46. The molecule has 0 spiro atoms. The van der Waals surface area contributed by atoms with Crippen LogP contribution in [0.1, 0.15) is 26.7 Å². The number of nitrogens with zero attached hydrogens (tertiary/aromatic N) is 1. The van der Waals surface area contributed by atoms with Gasteiger partial charge in [-0.3, -0.25) is 0 Å². The minimum absolute atomic E-state index is 0.939. The minimum atomic E-state index is 0.939. The van der Waals surface area contributed by atoms with Gasteiger partial charge in [-0.1, -0.05) is 19.1 Å². The molecule has 0 unspecified atom stereocenters. The van der Waals surface area contributed by atoms with Gasteiger partial charge in [-0.2, -0.15) is 0 Å². The summed E-state index contributed by atoms with van der Waals surface area (Å²) in [5.41, 5.74) is 0. The average molecular weight is 176 g/mol. The summed E-state index contributed by atoms with van der Waals surface area (Å²) in [7, 11) is 0. The number of rotatable bonds is 2. The highest BCUT2D eigenvalue weighted by atomic mass is 15.0. The summed E-state index contributed by atoms with van der Waals surface area (Å²) in [4.78, 5) is 4.08. The molecule has 1 aliphatic heterocycles. The smallest absolute Gasteiger partial charge is 0.109 e. The van der Waals surface area contributed by atoms with Crippen LogP contribution in [0.4, 0.5) is 0 Å². The molecular weight excluding hydrogens is 160 g/mol. The van der Waals surface area contributed by atoms with Crippen molar-refractivity contribution < 1.29 is 0 Å². The fourth-order valence-electron chi connectivity index (χ4n) is 0.729. The van der Waals surface area contributed by atoms with Gasteiger partial charge in [0.05, 0.1) is 0 Å². The SMILES string of the molecule is C#CC.CC/C=C\NC1=NC=CC1. The van der Waals surface area contributed by atoms with Gasteiger partial charge in [0.1, 0.15) is 5.84 Å². The molecule has 2 nitrogen and oxygen atoms in total. The van der Waals surface area contributed by atoms with E-state index in [1.807, 2.05) is 18.5 Å². The van der Waals surface area contributed by atoms with Gasteiger partial charge in [-0.05, 0) is 19.5 Å². The van der Waals surface area contributed by atoms with Crippen LogP contribution in [0.15, 0.2) is 29.5 Å². The molecule has 0 aromatic carbocycles. The zero-order valence-corrected chi connectivity index (χ0v) is 8.25. The molecule has 0 amide bonds. The molecule has 0 radical (unpaired) electrons. The van der Waals surface area contributed by atoms with Crippen molar-refractivity contribution in [3.8, 4) is 12.3 Å². The molecule has 0 saturated carbocycles. The van der Waals surface area contributed by atoms with Gasteiger partial charge in [0.15, 0.2) is 0 Å². The zero-order valence-electron chi connectivity index (χ0n) is 8.25. The fourth-order valence-corrected chi connectivity index (χ4v) is 0.729. The molecule has 13 heavy (non-hydrogen) atoms. The lowest BCUT2D eigenvalue weighted by atomic mass is 10.4. The molecule has 0 saturated heterocycles. The lowest BCUT2D eigenvalue weighted by Gasteiger charge is -1.95. The van der Waals surface area contributed by atoms with Gasteiger partial charge < -0.3 is 5.32 Å². The Bertz CT molecular complexity index is 241. The van der Waals surface area contributed by atoms with E-state index in [0.717, 1.165) is 18.7 Å². The highest BCUT2D eigenvalue weighted by Gasteiger charge is 1.95. The van der Waals surface area contributed by atoms with Gasteiger partial charge in [-0.15, -0.1) is 12.3 Å². The predicted molar refractivity (Wildman–Crippen MR) is 58.3 cm³/mol. The Labute approximate surface area is 80.5 Å². The number of nitrogens with one attached hydrogen (secondary N) is 1. The van der Waals surface area contributed by atoms with Crippen molar-refractivity contribution in [2.75, 3.05) is 0 Å². The molecule has 2 heteroatoms. The third-order valence-corrected chi connectivity index (χ3v) is 1.25. The standard InChI is InChI=1S/C8H12N2.C3H4/c1-2-3-6-9-8-5-4-7-10-8;1-3-2/h3-4,6-7H,2,5H2,1H3,(H,9,10);1H,2H3/b6-3-;. The van der Waals surface area contributed by atoms with Gasteiger partial charge in [0, 0.05) is 12.6 Å². The number of allylic oxidation sites excluding steroid dienone is 1. The Hall–Kier alpha value is -1.49. The second kappa shape index (κ2) is 8.61. The van der Waals surface area contributed by atoms with Crippen molar-refractivity contribution in [1.29, 1.82) is 0 Å².